The number of carbonyl (C=O) groups is 1. The van der Waals surface area contributed by atoms with Gasteiger partial charge in [0.2, 0.25) is 0 Å². The molecule has 0 spiro atoms. The molecule has 1 aliphatic heterocycles. The number of likely N-dealkylation sites (tertiary alicyclic amines) is 1. The summed E-state index contributed by atoms with van der Waals surface area (Å²) in [6, 6.07) is 1.11. The van der Waals surface area contributed by atoms with Crippen molar-refractivity contribution in [3.8, 4) is 0 Å². The van der Waals surface area contributed by atoms with E-state index in [-0.39, 0.29) is 23.4 Å². The van der Waals surface area contributed by atoms with Crippen molar-refractivity contribution in [2.75, 3.05) is 13.1 Å². The average Bonchev–Trinajstić information content (AvgIpc) is 2.91. The van der Waals surface area contributed by atoms with Crippen LogP contribution < -0.4 is 11.2 Å². The Morgan fingerprint density at radius 1 is 1.41 bits per heavy atom. The number of nitrogens with one attached hydrogen (secondary N) is 2. The van der Waals surface area contributed by atoms with E-state index in [1.54, 1.807) is 4.90 Å². The zero-order valence-electron chi connectivity index (χ0n) is 12.6. The summed E-state index contributed by atoms with van der Waals surface area (Å²) in [6.07, 6.45) is 3.42. The van der Waals surface area contributed by atoms with E-state index in [4.69, 9.17) is 0 Å². The van der Waals surface area contributed by atoms with E-state index in [0.29, 0.717) is 19.5 Å². The molecule has 2 fully saturated rings. The Morgan fingerprint density at radius 2 is 2.18 bits per heavy atom. The Kier molecular flexibility index (Phi) is 3.68. The summed E-state index contributed by atoms with van der Waals surface area (Å²) < 4.78 is 0. The number of aromatic nitrogens is 2. The second-order valence-electron chi connectivity index (χ2n) is 6.43. The standard InChI is InChI=1S/C15H21N3O4/c1-2-15(22)5-3-4-9-7-18(8-10(9)15)13(20)11-6-12(19)17-14(21)16-11/h6,9-10,22H,2-5,7-8H2,1H3,(H2,16,17,19,21)/t9-,10+,15-/m1/s1. The van der Waals surface area contributed by atoms with E-state index < -0.39 is 16.9 Å². The van der Waals surface area contributed by atoms with Crippen LogP contribution in [-0.4, -0.2) is 44.6 Å². The molecule has 3 rings (SSSR count). The van der Waals surface area contributed by atoms with Gasteiger partial charge in [-0.05, 0) is 25.2 Å². The van der Waals surface area contributed by atoms with E-state index in [9.17, 15) is 19.5 Å². The predicted octanol–water partition coefficient (Wildman–Crippen LogP) is 0.0764. The lowest BCUT2D eigenvalue weighted by molar-refractivity contribution is -0.0609. The van der Waals surface area contributed by atoms with E-state index in [2.05, 4.69) is 9.97 Å². The first-order valence-electron chi connectivity index (χ1n) is 7.78. The molecule has 1 aromatic rings. The van der Waals surface area contributed by atoms with Crippen molar-refractivity contribution in [1.29, 1.82) is 0 Å². The lowest BCUT2D eigenvalue weighted by Gasteiger charge is -2.40. The van der Waals surface area contributed by atoms with Crippen LogP contribution in [0, 0.1) is 11.8 Å². The van der Waals surface area contributed by atoms with Crippen molar-refractivity contribution in [3.63, 3.8) is 0 Å². The van der Waals surface area contributed by atoms with Crippen LogP contribution >= 0.6 is 0 Å². The third-order valence-electron chi connectivity index (χ3n) is 5.21. The number of H-pyrrole nitrogens is 2. The molecule has 1 saturated carbocycles. The zero-order valence-corrected chi connectivity index (χ0v) is 12.6. The maximum Gasteiger partial charge on any atom is 0.326 e. The molecule has 2 heterocycles. The van der Waals surface area contributed by atoms with Crippen LogP contribution in [0.1, 0.15) is 43.1 Å². The molecule has 3 N–H and O–H groups in total. The summed E-state index contributed by atoms with van der Waals surface area (Å²) in [5.74, 6) is 0.0105. The number of hydrogen-bond donors (Lipinski definition) is 3. The van der Waals surface area contributed by atoms with Crippen LogP contribution in [0.2, 0.25) is 0 Å². The van der Waals surface area contributed by atoms with Crippen molar-refractivity contribution in [3.05, 3.63) is 32.6 Å². The largest absolute Gasteiger partial charge is 0.390 e. The molecule has 7 nitrogen and oxygen atoms in total. The highest BCUT2D eigenvalue weighted by atomic mass is 16.3. The molecule has 7 heteroatoms. The van der Waals surface area contributed by atoms with Crippen molar-refractivity contribution in [2.45, 2.75) is 38.2 Å². The molecule has 1 aliphatic carbocycles. The summed E-state index contributed by atoms with van der Waals surface area (Å²) in [6.45, 7) is 3.02. The van der Waals surface area contributed by atoms with Gasteiger partial charge in [0.1, 0.15) is 5.69 Å². The molecule has 3 atom stereocenters. The fourth-order valence-corrected chi connectivity index (χ4v) is 3.99. The van der Waals surface area contributed by atoms with Gasteiger partial charge in [0.05, 0.1) is 5.60 Å². The number of carbonyl (C=O) groups excluding carboxylic acids is 1. The highest BCUT2D eigenvalue weighted by Gasteiger charge is 2.48. The van der Waals surface area contributed by atoms with Gasteiger partial charge in [-0.25, -0.2) is 4.79 Å². The maximum absolute atomic E-state index is 12.5. The minimum atomic E-state index is -0.709. The van der Waals surface area contributed by atoms with Crippen molar-refractivity contribution < 1.29 is 9.90 Å². The van der Waals surface area contributed by atoms with Gasteiger partial charge < -0.3 is 15.0 Å². The molecule has 0 radical (unpaired) electrons. The summed E-state index contributed by atoms with van der Waals surface area (Å²) in [4.78, 5) is 41.2. The van der Waals surface area contributed by atoms with Gasteiger partial charge in [-0.2, -0.15) is 0 Å². The number of nitrogens with zero attached hydrogens (tertiary/aromatic N) is 1. The summed E-state index contributed by atoms with van der Waals surface area (Å²) in [5, 5.41) is 10.8. The Morgan fingerprint density at radius 3 is 2.86 bits per heavy atom. The van der Waals surface area contributed by atoms with Crippen LogP contribution in [0.15, 0.2) is 15.7 Å². The lowest BCUT2D eigenvalue weighted by atomic mass is 9.69. The molecule has 22 heavy (non-hydrogen) atoms. The highest BCUT2D eigenvalue weighted by Crippen LogP contribution is 2.44. The highest BCUT2D eigenvalue weighted by molar-refractivity contribution is 5.92. The molecule has 1 amide bonds. The Hall–Kier alpha value is -1.89. The third kappa shape index (κ3) is 2.49. The number of rotatable bonds is 2. The number of aromatic amines is 2. The van der Waals surface area contributed by atoms with Gasteiger partial charge in [0, 0.05) is 25.1 Å². The normalized spacial score (nSPS) is 31.1. The first-order chi connectivity index (χ1) is 10.4. The van der Waals surface area contributed by atoms with Crippen molar-refractivity contribution >= 4 is 5.91 Å². The molecule has 0 bridgehead atoms. The van der Waals surface area contributed by atoms with E-state index in [1.807, 2.05) is 6.92 Å². The minimum absolute atomic E-state index is 0.00688. The number of aliphatic hydroxyl groups is 1. The SMILES string of the molecule is CC[C@@]1(O)CCC[C@@H]2CN(C(=O)c3cc(=O)[nH]c(=O)[nH]3)C[C@@H]21. The van der Waals surface area contributed by atoms with Crippen molar-refractivity contribution in [1.82, 2.24) is 14.9 Å². The van der Waals surface area contributed by atoms with E-state index >= 15 is 0 Å². The number of hydrogen-bond acceptors (Lipinski definition) is 4. The zero-order chi connectivity index (χ0) is 15.9. The van der Waals surface area contributed by atoms with Crippen molar-refractivity contribution in [2.24, 2.45) is 11.8 Å². The van der Waals surface area contributed by atoms with E-state index in [1.165, 1.54) is 0 Å². The number of amides is 1. The van der Waals surface area contributed by atoms with Crippen LogP contribution in [-0.2, 0) is 0 Å². The minimum Gasteiger partial charge on any atom is -0.390 e. The molecular formula is C15H21N3O4. The molecule has 2 aliphatic rings. The molecule has 0 unspecified atom stereocenters. The molecule has 0 aromatic carbocycles. The second-order valence-corrected chi connectivity index (χ2v) is 6.43. The van der Waals surface area contributed by atoms with Gasteiger partial charge in [0.15, 0.2) is 0 Å². The average molecular weight is 307 g/mol. The maximum atomic E-state index is 12.5. The van der Waals surface area contributed by atoms with Crippen LogP contribution in [0.25, 0.3) is 0 Å². The first kappa shape index (κ1) is 15.0. The summed E-state index contributed by atoms with van der Waals surface area (Å²) in [5.41, 5.74) is -1.97. The fourth-order valence-electron chi connectivity index (χ4n) is 3.99. The van der Waals surface area contributed by atoms with Gasteiger partial charge in [0.25, 0.3) is 11.5 Å². The van der Waals surface area contributed by atoms with Gasteiger partial charge in [-0.3, -0.25) is 14.6 Å². The third-order valence-corrected chi connectivity index (χ3v) is 5.21. The molecule has 1 saturated heterocycles. The monoisotopic (exact) mass is 307 g/mol. The Bertz CT molecular complexity index is 666. The Balaban J connectivity index is 1.84. The van der Waals surface area contributed by atoms with Crippen LogP contribution in [0.4, 0.5) is 0 Å². The van der Waals surface area contributed by atoms with Crippen LogP contribution in [0.3, 0.4) is 0 Å². The molecular weight excluding hydrogens is 286 g/mol. The second kappa shape index (κ2) is 5.39. The smallest absolute Gasteiger partial charge is 0.326 e. The number of fused-ring (bicyclic) bond motifs is 1. The Labute approximate surface area is 127 Å². The predicted molar refractivity (Wildman–Crippen MR) is 79.7 cm³/mol. The molecule has 120 valence electrons. The molecule has 1 aromatic heterocycles. The fraction of sp³-hybridized carbons (Fsp3) is 0.667. The quantitative estimate of drug-likeness (QED) is 0.719. The van der Waals surface area contributed by atoms with Gasteiger partial charge in [-0.15, -0.1) is 0 Å². The van der Waals surface area contributed by atoms with Gasteiger partial charge in [-0.1, -0.05) is 13.3 Å². The van der Waals surface area contributed by atoms with E-state index in [0.717, 1.165) is 25.3 Å². The lowest BCUT2D eigenvalue weighted by Crippen LogP contribution is -2.44. The summed E-state index contributed by atoms with van der Waals surface area (Å²) in [7, 11) is 0. The summed E-state index contributed by atoms with van der Waals surface area (Å²) >= 11 is 0. The first-order valence-corrected chi connectivity index (χ1v) is 7.78. The van der Waals surface area contributed by atoms with Gasteiger partial charge >= 0.3 is 5.69 Å². The van der Waals surface area contributed by atoms with Crippen LogP contribution in [0.5, 0.6) is 0 Å². The topological polar surface area (TPSA) is 106 Å².